The predicted molar refractivity (Wildman–Crippen MR) is 101 cm³/mol. The normalized spacial score (nSPS) is 10.5. The molecule has 0 fully saturated rings. The molecule has 2 rings (SSSR count). The molecule has 2 aromatic rings. The van der Waals surface area contributed by atoms with Gasteiger partial charge in [0, 0.05) is 24.8 Å². The van der Waals surface area contributed by atoms with Crippen molar-refractivity contribution in [1.29, 1.82) is 0 Å². The van der Waals surface area contributed by atoms with Crippen LogP contribution >= 0.6 is 0 Å². The number of anilines is 1. The van der Waals surface area contributed by atoms with Crippen LogP contribution < -0.4 is 15.4 Å². The van der Waals surface area contributed by atoms with Gasteiger partial charge in [-0.3, -0.25) is 9.59 Å². The second-order valence-electron chi connectivity index (χ2n) is 6.32. The molecule has 1 heterocycles. The minimum absolute atomic E-state index is 0.0158. The standard InChI is InChI=1S/C20H25N3O3/c1-4-26-20-17(9-6-10-21-20)19(25)22-13-15-7-5-8-16(12-15)23-18(24)11-14(2)3/h5-10,12,14H,4,11,13H2,1-3H3,(H,22,25)(H,23,24). The molecule has 0 aliphatic rings. The lowest BCUT2D eigenvalue weighted by molar-refractivity contribution is -0.116. The van der Waals surface area contributed by atoms with Crippen molar-refractivity contribution in [3.05, 3.63) is 53.7 Å². The van der Waals surface area contributed by atoms with Crippen molar-refractivity contribution in [2.75, 3.05) is 11.9 Å². The molecule has 0 radical (unpaired) electrons. The van der Waals surface area contributed by atoms with E-state index in [1.165, 1.54) is 0 Å². The minimum Gasteiger partial charge on any atom is -0.477 e. The Kier molecular flexibility index (Phi) is 7.14. The quantitative estimate of drug-likeness (QED) is 0.760. The third kappa shape index (κ3) is 5.88. The predicted octanol–water partition coefficient (Wildman–Crippen LogP) is 3.39. The molecule has 0 atom stereocenters. The van der Waals surface area contributed by atoms with E-state index in [-0.39, 0.29) is 11.8 Å². The highest BCUT2D eigenvalue weighted by molar-refractivity contribution is 5.96. The Morgan fingerprint density at radius 1 is 1.19 bits per heavy atom. The SMILES string of the molecule is CCOc1ncccc1C(=O)NCc1cccc(NC(=O)CC(C)C)c1. The van der Waals surface area contributed by atoms with Crippen molar-refractivity contribution in [1.82, 2.24) is 10.3 Å². The highest BCUT2D eigenvalue weighted by atomic mass is 16.5. The number of benzene rings is 1. The van der Waals surface area contributed by atoms with E-state index < -0.39 is 0 Å². The van der Waals surface area contributed by atoms with Crippen LogP contribution in [0, 0.1) is 5.92 Å². The van der Waals surface area contributed by atoms with Crippen LogP contribution in [-0.4, -0.2) is 23.4 Å². The Bertz CT molecular complexity index is 759. The maximum absolute atomic E-state index is 12.4. The lowest BCUT2D eigenvalue weighted by atomic mass is 10.1. The number of carbonyl (C=O) groups excluding carboxylic acids is 2. The molecule has 2 amide bonds. The van der Waals surface area contributed by atoms with Gasteiger partial charge in [0.25, 0.3) is 5.91 Å². The third-order valence-electron chi connectivity index (χ3n) is 3.55. The van der Waals surface area contributed by atoms with Crippen molar-refractivity contribution in [3.8, 4) is 5.88 Å². The van der Waals surface area contributed by atoms with Crippen LogP contribution in [0.4, 0.5) is 5.69 Å². The molecule has 0 saturated carbocycles. The lowest BCUT2D eigenvalue weighted by Gasteiger charge is -2.11. The topological polar surface area (TPSA) is 80.3 Å². The number of nitrogens with zero attached hydrogens (tertiary/aromatic N) is 1. The maximum Gasteiger partial charge on any atom is 0.257 e. The molecule has 26 heavy (non-hydrogen) atoms. The fraction of sp³-hybridized carbons (Fsp3) is 0.350. The molecule has 0 saturated heterocycles. The Balaban J connectivity index is 1.98. The van der Waals surface area contributed by atoms with Crippen LogP contribution in [0.2, 0.25) is 0 Å². The van der Waals surface area contributed by atoms with Gasteiger partial charge in [0.15, 0.2) is 0 Å². The van der Waals surface area contributed by atoms with E-state index in [2.05, 4.69) is 15.6 Å². The zero-order valence-corrected chi connectivity index (χ0v) is 15.4. The molecule has 138 valence electrons. The lowest BCUT2D eigenvalue weighted by Crippen LogP contribution is -2.24. The van der Waals surface area contributed by atoms with E-state index in [4.69, 9.17) is 4.74 Å². The van der Waals surface area contributed by atoms with Gasteiger partial charge in [-0.2, -0.15) is 0 Å². The van der Waals surface area contributed by atoms with Crippen LogP contribution in [0.15, 0.2) is 42.6 Å². The monoisotopic (exact) mass is 355 g/mol. The van der Waals surface area contributed by atoms with Gasteiger partial charge in [-0.15, -0.1) is 0 Å². The van der Waals surface area contributed by atoms with Gasteiger partial charge in [0.05, 0.1) is 6.61 Å². The third-order valence-corrected chi connectivity index (χ3v) is 3.55. The molecule has 0 bridgehead atoms. The molecule has 6 heteroatoms. The number of aromatic nitrogens is 1. The van der Waals surface area contributed by atoms with Gasteiger partial charge in [-0.25, -0.2) is 4.98 Å². The highest BCUT2D eigenvalue weighted by Gasteiger charge is 2.13. The molecular weight excluding hydrogens is 330 g/mol. The van der Waals surface area contributed by atoms with Crippen molar-refractivity contribution in [2.45, 2.75) is 33.7 Å². The first-order valence-corrected chi connectivity index (χ1v) is 8.74. The average molecular weight is 355 g/mol. The fourth-order valence-corrected chi connectivity index (χ4v) is 2.43. The van der Waals surface area contributed by atoms with Gasteiger partial charge >= 0.3 is 0 Å². The Morgan fingerprint density at radius 2 is 2.00 bits per heavy atom. The Labute approximate surface area is 154 Å². The van der Waals surface area contributed by atoms with Crippen LogP contribution in [0.1, 0.15) is 43.1 Å². The fourth-order valence-electron chi connectivity index (χ4n) is 2.43. The van der Waals surface area contributed by atoms with E-state index >= 15 is 0 Å². The second-order valence-corrected chi connectivity index (χ2v) is 6.32. The molecule has 0 aliphatic heterocycles. The van der Waals surface area contributed by atoms with Crippen molar-refractivity contribution in [3.63, 3.8) is 0 Å². The van der Waals surface area contributed by atoms with Gasteiger partial charge in [0.1, 0.15) is 5.56 Å². The molecular formula is C20H25N3O3. The smallest absolute Gasteiger partial charge is 0.257 e. The first-order valence-electron chi connectivity index (χ1n) is 8.74. The molecule has 0 aliphatic carbocycles. The molecule has 1 aromatic heterocycles. The van der Waals surface area contributed by atoms with Gasteiger partial charge in [-0.05, 0) is 42.7 Å². The van der Waals surface area contributed by atoms with Crippen LogP contribution in [-0.2, 0) is 11.3 Å². The number of amides is 2. The zero-order chi connectivity index (χ0) is 18.9. The second kappa shape index (κ2) is 9.56. The summed E-state index contributed by atoms with van der Waals surface area (Å²) in [7, 11) is 0. The summed E-state index contributed by atoms with van der Waals surface area (Å²) in [5, 5.41) is 5.73. The first kappa shape index (κ1) is 19.4. The van der Waals surface area contributed by atoms with E-state index in [1.54, 1.807) is 18.3 Å². The van der Waals surface area contributed by atoms with E-state index in [0.29, 0.717) is 36.9 Å². The number of ether oxygens (including phenoxy) is 1. The highest BCUT2D eigenvalue weighted by Crippen LogP contribution is 2.15. The largest absolute Gasteiger partial charge is 0.477 e. The molecule has 1 aromatic carbocycles. The van der Waals surface area contributed by atoms with Crippen LogP contribution in [0.5, 0.6) is 5.88 Å². The average Bonchev–Trinajstić information content (AvgIpc) is 2.60. The summed E-state index contributed by atoms with van der Waals surface area (Å²) in [5.41, 5.74) is 2.01. The number of hydrogen-bond donors (Lipinski definition) is 2. The maximum atomic E-state index is 12.4. The summed E-state index contributed by atoms with van der Waals surface area (Å²) in [6.07, 6.45) is 2.06. The number of rotatable bonds is 8. The summed E-state index contributed by atoms with van der Waals surface area (Å²) < 4.78 is 5.39. The summed E-state index contributed by atoms with van der Waals surface area (Å²) in [5.74, 6) is 0.354. The van der Waals surface area contributed by atoms with Crippen LogP contribution in [0.25, 0.3) is 0 Å². The zero-order valence-electron chi connectivity index (χ0n) is 15.4. The molecule has 0 spiro atoms. The van der Waals surface area contributed by atoms with Crippen molar-refractivity contribution < 1.29 is 14.3 Å². The van der Waals surface area contributed by atoms with Gasteiger partial charge in [0.2, 0.25) is 11.8 Å². The van der Waals surface area contributed by atoms with Gasteiger partial charge < -0.3 is 15.4 Å². The summed E-state index contributed by atoms with van der Waals surface area (Å²) in [6, 6.07) is 10.8. The summed E-state index contributed by atoms with van der Waals surface area (Å²) >= 11 is 0. The van der Waals surface area contributed by atoms with Crippen molar-refractivity contribution >= 4 is 17.5 Å². The minimum atomic E-state index is -0.254. The summed E-state index contributed by atoms with van der Waals surface area (Å²) in [6.45, 7) is 6.62. The van der Waals surface area contributed by atoms with E-state index in [1.807, 2.05) is 45.0 Å². The van der Waals surface area contributed by atoms with Crippen LogP contribution in [0.3, 0.4) is 0 Å². The number of carbonyl (C=O) groups is 2. The number of pyridine rings is 1. The Morgan fingerprint density at radius 3 is 2.73 bits per heavy atom. The summed E-state index contributed by atoms with van der Waals surface area (Å²) in [4.78, 5) is 28.4. The van der Waals surface area contributed by atoms with Gasteiger partial charge in [-0.1, -0.05) is 26.0 Å². The molecule has 6 nitrogen and oxygen atoms in total. The molecule has 0 unspecified atom stereocenters. The Hall–Kier alpha value is -2.89. The van der Waals surface area contributed by atoms with E-state index in [9.17, 15) is 9.59 Å². The number of nitrogens with one attached hydrogen (secondary N) is 2. The first-order chi connectivity index (χ1) is 12.5. The van der Waals surface area contributed by atoms with Crippen molar-refractivity contribution in [2.24, 2.45) is 5.92 Å². The number of hydrogen-bond acceptors (Lipinski definition) is 4. The molecule has 2 N–H and O–H groups in total. The van der Waals surface area contributed by atoms with E-state index in [0.717, 1.165) is 11.3 Å².